The van der Waals surface area contributed by atoms with Crippen LogP contribution < -0.4 is 19.6 Å². The topological polar surface area (TPSA) is 84.9 Å². The second kappa shape index (κ2) is 8.49. The lowest BCUT2D eigenvalue weighted by Crippen LogP contribution is -2.17. The summed E-state index contributed by atoms with van der Waals surface area (Å²) in [5, 5.41) is 5.23. The first-order chi connectivity index (χ1) is 14.6. The first-order valence-corrected chi connectivity index (χ1v) is 9.91. The summed E-state index contributed by atoms with van der Waals surface area (Å²) >= 11 is 0. The number of carbonyl (C=O) groups excluding carboxylic acids is 1. The predicted molar refractivity (Wildman–Crippen MR) is 116 cm³/mol. The van der Waals surface area contributed by atoms with Gasteiger partial charge >= 0.3 is 0 Å². The van der Waals surface area contributed by atoms with Crippen LogP contribution in [0.2, 0.25) is 0 Å². The Morgan fingerprint density at radius 2 is 1.77 bits per heavy atom. The van der Waals surface area contributed by atoms with E-state index in [1.165, 1.54) is 24.1 Å². The number of amides is 1. The monoisotopic (exact) mass is 407 g/mol. The number of nitrogens with one attached hydrogen (secondary N) is 2. The van der Waals surface area contributed by atoms with Crippen molar-refractivity contribution in [3.05, 3.63) is 52.7 Å². The number of fused-ring (bicyclic) bond motifs is 3. The lowest BCUT2D eigenvalue weighted by molar-refractivity contribution is 0.0955. The Morgan fingerprint density at radius 1 is 1.03 bits per heavy atom. The van der Waals surface area contributed by atoms with Crippen LogP contribution in [-0.2, 0) is 12.8 Å². The van der Waals surface area contributed by atoms with E-state index in [9.17, 15) is 4.79 Å². The predicted octanol–water partition coefficient (Wildman–Crippen LogP) is 3.84. The zero-order valence-corrected chi connectivity index (χ0v) is 17.4. The van der Waals surface area contributed by atoms with Crippen molar-refractivity contribution in [3.63, 3.8) is 0 Å². The third-order valence-corrected chi connectivity index (χ3v) is 5.43. The Labute approximate surface area is 175 Å². The molecule has 7 nitrogen and oxygen atoms in total. The van der Waals surface area contributed by atoms with Gasteiger partial charge in [-0.15, -0.1) is 0 Å². The molecule has 2 aromatic carbocycles. The molecule has 30 heavy (non-hydrogen) atoms. The normalized spacial score (nSPS) is 13.3. The molecule has 0 aliphatic heterocycles. The van der Waals surface area contributed by atoms with Gasteiger partial charge in [-0.3, -0.25) is 4.79 Å². The van der Waals surface area contributed by atoms with Gasteiger partial charge in [0.2, 0.25) is 5.75 Å². The van der Waals surface area contributed by atoms with E-state index in [0.29, 0.717) is 28.4 Å². The second-order valence-corrected chi connectivity index (χ2v) is 7.21. The number of H-pyrrole nitrogens is 1. The molecular weight excluding hydrogens is 382 g/mol. The van der Waals surface area contributed by atoms with E-state index >= 15 is 0 Å². The van der Waals surface area contributed by atoms with Crippen molar-refractivity contribution in [3.8, 4) is 17.2 Å². The molecule has 0 saturated carbocycles. The van der Waals surface area contributed by atoms with Crippen LogP contribution in [0.3, 0.4) is 0 Å². The molecular formula is C23H25N3O4. The van der Waals surface area contributed by atoms with Gasteiger partial charge in [0, 0.05) is 27.7 Å². The lowest BCUT2D eigenvalue weighted by Gasteiger charge is -2.12. The summed E-state index contributed by atoms with van der Waals surface area (Å²) in [4.78, 5) is 16.1. The average Bonchev–Trinajstić information content (AvgIpc) is 3.16. The average molecular weight is 407 g/mol. The Kier molecular flexibility index (Phi) is 5.61. The van der Waals surface area contributed by atoms with Gasteiger partial charge in [-0.1, -0.05) is 0 Å². The maximum atomic E-state index is 12.6. The number of methoxy groups -OCH3 is 3. The van der Waals surface area contributed by atoms with Crippen molar-refractivity contribution in [2.75, 3.05) is 21.3 Å². The molecule has 0 radical (unpaired) electrons. The van der Waals surface area contributed by atoms with Crippen molar-refractivity contribution in [2.45, 2.75) is 25.7 Å². The van der Waals surface area contributed by atoms with Crippen molar-refractivity contribution in [2.24, 2.45) is 5.10 Å². The Bertz CT molecular complexity index is 1090. The quantitative estimate of drug-likeness (QED) is 0.480. The Balaban J connectivity index is 1.53. The molecule has 1 heterocycles. The largest absolute Gasteiger partial charge is 0.493 e. The second-order valence-electron chi connectivity index (χ2n) is 7.21. The molecule has 0 unspecified atom stereocenters. The molecule has 2 N–H and O–H groups in total. The van der Waals surface area contributed by atoms with E-state index in [0.717, 1.165) is 23.7 Å². The molecule has 1 aliphatic rings. The van der Waals surface area contributed by atoms with Gasteiger partial charge in [0.25, 0.3) is 5.91 Å². The highest BCUT2D eigenvalue weighted by Gasteiger charge is 2.17. The molecule has 7 heteroatoms. The first kappa shape index (κ1) is 19.8. The highest BCUT2D eigenvalue weighted by atomic mass is 16.5. The summed E-state index contributed by atoms with van der Waals surface area (Å²) in [6.07, 6.45) is 6.07. The highest BCUT2D eigenvalue weighted by molar-refractivity contribution is 5.99. The molecule has 0 spiro atoms. The first-order valence-electron chi connectivity index (χ1n) is 9.91. The number of aromatic nitrogens is 1. The number of rotatable bonds is 6. The van der Waals surface area contributed by atoms with Crippen LogP contribution in [0.25, 0.3) is 10.9 Å². The minimum Gasteiger partial charge on any atom is -0.493 e. The Hall–Kier alpha value is -3.48. The third kappa shape index (κ3) is 3.70. The summed E-state index contributed by atoms with van der Waals surface area (Å²) in [5.41, 5.74) is 7.61. The van der Waals surface area contributed by atoms with Crippen LogP contribution in [0.5, 0.6) is 17.2 Å². The van der Waals surface area contributed by atoms with Crippen LogP contribution in [0.1, 0.15) is 40.0 Å². The van der Waals surface area contributed by atoms with Crippen LogP contribution >= 0.6 is 0 Å². The number of hydrogen-bond donors (Lipinski definition) is 2. The number of hydrazone groups is 1. The number of aryl methyl sites for hydroxylation is 2. The summed E-state index contributed by atoms with van der Waals surface area (Å²) in [6.45, 7) is 0. The van der Waals surface area contributed by atoms with E-state index in [-0.39, 0.29) is 5.91 Å². The Morgan fingerprint density at radius 3 is 2.47 bits per heavy atom. The number of hydrogen-bond acceptors (Lipinski definition) is 5. The molecule has 1 aromatic heterocycles. The van der Waals surface area contributed by atoms with Gasteiger partial charge in [-0.05, 0) is 61.6 Å². The van der Waals surface area contributed by atoms with E-state index in [2.05, 4.69) is 15.5 Å². The summed E-state index contributed by atoms with van der Waals surface area (Å²) < 4.78 is 16.0. The van der Waals surface area contributed by atoms with Crippen molar-refractivity contribution in [1.29, 1.82) is 0 Å². The van der Waals surface area contributed by atoms with Gasteiger partial charge in [0.1, 0.15) is 0 Å². The van der Waals surface area contributed by atoms with E-state index in [4.69, 9.17) is 14.2 Å². The van der Waals surface area contributed by atoms with E-state index < -0.39 is 0 Å². The molecule has 0 atom stereocenters. The number of nitrogens with zero attached hydrogens (tertiary/aromatic N) is 1. The standard InChI is InChI=1S/C23H25N3O4/c1-28-20-10-14(11-21(29-2)22(20)30-3)13-24-26-23(27)15-8-9-19-17(12-15)16-6-4-5-7-18(16)25-19/h8-13,25H,4-7H2,1-3H3,(H,26,27)/b24-13+. The van der Waals surface area contributed by atoms with Gasteiger partial charge < -0.3 is 19.2 Å². The maximum Gasteiger partial charge on any atom is 0.271 e. The highest BCUT2D eigenvalue weighted by Crippen LogP contribution is 2.37. The van der Waals surface area contributed by atoms with Crippen LogP contribution in [0, 0.1) is 0 Å². The number of benzene rings is 2. The van der Waals surface area contributed by atoms with Crippen molar-refractivity contribution >= 4 is 23.0 Å². The summed E-state index contributed by atoms with van der Waals surface area (Å²) in [6, 6.07) is 9.24. The zero-order valence-electron chi connectivity index (χ0n) is 17.4. The number of carbonyl (C=O) groups is 1. The number of aromatic amines is 1. The van der Waals surface area contributed by atoms with E-state index in [1.807, 2.05) is 18.2 Å². The molecule has 1 amide bonds. The summed E-state index contributed by atoms with van der Waals surface area (Å²) in [7, 11) is 4.65. The molecule has 3 aromatic rings. The zero-order chi connectivity index (χ0) is 21.1. The molecule has 4 rings (SSSR count). The van der Waals surface area contributed by atoms with Gasteiger partial charge in [0.15, 0.2) is 11.5 Å². The number of ether oxygens (including phenoxy) is 3. The van der Waals surface area contributed by atoms with Crippen LogP contribution in [0.15, 0.2) is 35.4 Å². The molecule has 1 aliphatic carbocycles. The van der Waals surface area contributed by atoms with Gasteiger partial charge in [-0.2, -0.15) is 5.10 Å². The van der Waals surface area contributed by atoms with Gasteiger partial charge in [0.05, 0.1) is 27.5 Å². The summed E-state index contributed by atoms with van der Waals surface area (Å²) in [5.74, 6) is 1.29. The minimum atomic E-state index is -0.258. The fourth-order valence-electron chi connectivity index (χ4n) is 3.95. The van der Waals surface area contributed by atoms with Crippen molar-refractivity contribution in [1.82, 2.24) is 10.4 Å². The van der Waals surface area contributed by atoms with Gasteiger partial charge in [-0.25, -0.2) is 5.43 Å². The molecule has 0 saturated heterocycles. The smallest absolute Gasteiger partial charge is 0.271 e. The molecule has 156 valence electrons. The SMILES string of the molecule is COc1cc(/C=N/NC(=O)c2ccc3[nH]c4c(c3c2)CCCC4)cc(OC)c1OC. The maximum absolute atomic E-state index is 12.6. The van der Waals surface area contributed by atoms with Crippen LogP contribution in [-0.4, -0.2) is 38.4 Å². The van der Waals surface area contributed by atoms with Crippen LogP contribution in [0.4, 0.5) is 0 Å². The lowest BCUT2D eigenvalue weighted by atomic mass is 9.95. The minimum absolute atomic E-state index is 0.258. The van der Waals surface area contributed by atoms with E-state index in [1.54, 1.807) is 39.7 Å². The fourth-order valence-corrected chi connectivity index (χ4v) is 3.95. The third-order valence-electron chi connectivity index (χ3n) is 5.43. The fraction of sp³-hybridized carbons (Fsp3) is 0.304. The molecule has 0 bridgehead atoms. The van der Waals surface area contributed by atoms with Crippen molar-refractivity contribution < 1.29 is 19.0 Å². The molecule has 0 fully saturated rings.